The summed E-state index contributed by atoms with van der Waals surface area (Å²) >= 11 is -1.85. The van der Waals surface area contributed by atoms with Crippen LogP contribution < -0.4 is 4.72 Å². The van der Waals surface area contributed by atoms with Crippen molar-refractivity contribution in [3.8, 4) is 0 Å². The summed E-state index contributed by atoms with van der Waals surface area (Å²) in [7, 11) is 0. The molecule has 1 fully saturated rings. The lowest BCUT2D eigenvalue weighted by Crippen LogP contribution is -2.58. The Balaban J connectivity index is 2.15. The zero-order valence-electron chi connectivity index (χ0n) is 8.41. The molecule has 2 N–H and O–H groups in total. The molecule has 1 rings (SSSR count). The molecule has 0 aromatic heterocycles. The first-order valence-electron chi connectivity index (χ1n) is 4.49. The van der Waals surface area contributed by atoms with Gasteiger partial charge in [-0.25, -0.2) is 8.93 Å². The Labute approximate surface area is 82.1 Å². The number of hydrogen-bond acceptors (Lipinski definition) is 2. The van der Waals surface area contributed by atoms with Crippen LogP contribution in [0, 0.1) is 5.92 Å². The van der Waals surface area contributed by atoms with E-state index in [0.717, 1.165) is 13.1 Å². The number of hydrogen-bond donors (Lipinski definition) is 2. The van der Waals surface area contributed by atoms with Crippen LogP contribution in [-0.4, -0.2) is 38.8 Å². The van der Waals surface area contributed by atoms with Gasteiger partial charge < -0.3 is 0 Å². The Bertz CT molecular complexity index is 197. The van der Waals surface area contributed by atoms with Gasteiger partial charge >= 0.3 is 0 Å². The maximum Gasteiger partial charge on any atom is 0.231 e. The second-order valence-electron chi connectivity index (χ2n) is 4.54. The molecule has 0 spiro atoms. The Kier molecular flexibility index (Phi) is 3.45. The average Bonchev–Trinajstić information content (AvgIpc) is 1.79. The van der Waals surface area contributed by atoms with Crippen LogP contribution in [-0.2, 0) is 11.3 Å². The van der Waals surface area contributed by atoms with Crippen LogP contribution >= 0.6 is 0 Å². The van der Waals surface area contributed by atoms with Crippen molar-refractivity contribution in [2.75, 3.05) is 19.6 Å². The Morgan fingerprint density at radius 2 is 2.08 bits per heavy atom. The van der Waals surface area contributed by atoms with Crippen LogP contribution in [0.2, 0.25) is 0 Å². The van der Waals surface area contributed by atoms with Gasteiger partial charge in [-0.15, -0.1) is 0 Å². The van der Waals surface area contributed by atoms with E-state index < -0.39 is 11.3 Å². The molecule has 1 unspecified atom stereocenters. The molecule has 0 radical (unpaired) electrons. The Morgan fingerprint density at radius 3 is 2.46 bits per heavy atom. The summed E-state index contributed by atoms with van der Waals surface area (Å²) < 4.78 is 21.3. The molecular weight excluding hydrogens is 188 g/mol. The van der Waals surface area contributed by atoms with Gasteiger partial charge in [0.05, 0.1) is 0 Å². The lowest BCUT2D eigenvalue weighted by Gasteiger charge is -2.47. The molecule has 78 valence electrons. The van der Waals surface area contributed by atoms with Crippen molar-refractivity contribution in [3.05, 3.63) is 0 Å². The second-order valence-corrected chi connectivity index (χ2v) is 5.33. The van der Waals surface area contributed by atoms with E-state index in [2.05, 4.69) is 30.4 Å². The summed E-state index contributed by atoms with van der Waals surface area (Å²) in [5.41, 5.74) is 0.231. The molecule has 5 heteroatoms. The standard InChI is InChI=1S/C8H18N2O2S/c1-8(2,3)10-5-7(6-10)4-9-13(11)12/h7,9H,4-6H2,1-3H3,(H,11,12). The van der Waals surface area contributed by atoms with Gasteiger partial charge in [0.2, 0.25) is 11.3 Å². The van der Waals surface area contributed by atoms with E-state index in [1.54, 1.807) is 0 Å². The summed E-state index contributed by atoms with van der Waals surface area (Å²) in [6.07, 6.45) is 0. The molecule has 1 heterocycles. The summed E-state index contributed by atoms with van der Waals surface area (Å²) in [5, 5.41) is 0. The minimum Gasteiger partial charge on any atom is -0.298 e. The number of likely N-dealkylation sites (tertiary alicyclic amines) is 1. The molecule has 1 aliphatic heterocycles. The van der Waals surface area contributed by atoms with Crippen molar-refractivity contribution in [2.24, 2.45) is 5.92 Å². The molecule has 0 aromatic carbocycles. The van der Waals surface area contributed by atoms with E-state index in [-0.39, 0.29) is 5.54 Å². The van der Waals surface area contributed by atoms with Gasteiger partial charge in [0.1, 0.15) is 0 Å². The van der Waals surface area contributed by atoms with Gasteiger partial charge in [-0.3, -0.25) is 9.45 Å². The molecule has 1 saturated heterocycles. The fraction of sp³-hybridized carbons (Fsp3) is 1.00. The van der Waals surface area contributed by atoms with Crippen LogP contribution in [0.15, 0.2) is 0 Å². The van der Waals surface area contributed by atoms with Crippen LogP contribution in [0.25, 0.3) is 0 Å². The average molecular weight is 206 g/mol. The van der Waals surface area contributed by atoms with Gasteiger partial charge in [-0.2, -0.15) is 0 Å². The summed E-state index contributed by atoms with van der Waals surface area (Å²) in [5.74, 6) is 0.523. The van der Waals surface area contributed by atoms with Crippen LogP contribution in [0.4, 0.5) is 0 Å². The number of nitrogens with zero attached hydrogens (tertiary/aromatic N) is 1. The lowest BCUT2D eigenvalue weighted by molar-refractivity contribution is 0.0167. The predicted octanol–water partition coefficient (Wildman–Crippen LogP) is 0.443. The van der Waals surface area contributed by atoms with Gasteiger partial charge in [-0.05, 0) is 26.7 Å². The fourth-order valence-electron chi connectivity index (χ4n) is 1.44. The molecule has 0 aromatic rings. The number of rotatable bonds is 3. The van der Waals surface area contributed by atoms with E-state index in [1.165, 1.54) is 0 Å². The first-order valence-corrected chi connectivity index (χ1v) is 5.59. The summed E-state index contributed by atoms with van der Waals surface area (Å²) in [6.45, 7) is 9.22. The van der Waals surface area contributed by atoms with Crippen molar-refractivity contribution in [2.45, 2.75) is 26.3 Å². The predicted molar refractivity (Wildman–Crippen MR) is 53.6 cm³/mol. The van der Waals surface area contributed by atoms with Crippen molar-refractivity contribution >= 4 is 11.3 Å². The topological polar surface area (TPSA) is 52.6 Å². The molecule has 4 nitrogen and oxygen atoms in total. The number of nitrogens with one attached hydrogen (secondary N) is 1. The van der Waals surface area contributed by atoms with Gasteiger partial charge in [-0.1, -0.05) is 0 Å². The van der Waals surface area contributed by atoms with E-state index in [9.17, 15) is 4.21 Å². The largest absolute Gasteiger partial charge is 0.298 e. The second kappa shape index (κ2) is 4.04. The normalized spacial score (nSPS) is 22.8. The highest BCUT2D eigenvalue weighted by atomic mass is 32.2. The van der Waals surface area contributed by atoms with Gasteiger partial charge in [0.15, 0.2) is 0 Å². The molecule has 0 saturated carbocycles. The minimum atomic E-state index is -1.85. The Hall–Kier alpha value is 0.0300. The van der Waals surface area contributed by atoms with E-state index in [0.29, 0.717) is 12.5 Å². The highest BCUT2D eigenvalue weighted by molar-refractivity contribution is 7.77. The monoisotopic (exact) mass is 206 g/mol. The molecule has 0 bridgehead atoms. The fourth-order valence-corrected chi connectivity index (χ4v) is 1.81. The maximum absolute atomic E-state index is 10.3. The van der Waals surface area contributed by atoms with E-state index >= 15 is 0 Å². The molecule has 0 amide bonds. The van der Waals surface area contributed by atoms with Crippen molar-refractivity contribution in [1.82, 2.24) is 9.62 Å². The first kappa shape index (κ1) is 11.1. The zero-order chi connectivity index (χ0) is 10.1. The summed E-state index contributed by atoms with van der Waals surface area (Å²) in [4.78, 5) is 2.36. The highest BCUT2D eigenvalue weighted by Crippen LogP contribution is 2.24. The van der Waals surface area contributed by atoms with Crippen LogP contribution in [0.3, 0.4) is 0 Å². The third-order valence-electron chi connectivity index (χ3n) is 2.40. The van der Waals surface area contributed by atoms with Crippen LogP contribution in [0.5, 0.6) is 0 Å². The van der Waals surface area contributed by atoms with Crippen LogP contribution in [0.1, 0.15) is 20.8 Å². The summed E-state index contributed by atoms with van der Waals surface area (Å²) in [6, 6.07) is 0. The van der Waals surface area contributed by atoms with Crippen molar-refractivity contribution in [1.29, 1.82) is 0 Å². The Morgan fingerprint density at radius 1 is 1.54 bits per heavy atom. The third-order valence-corrected chi connectivity index (χ3v) is 2.81. The quantitative estimate of drug-likeness (QED) is 0.659. The van der Waals surface area contributed by atoms with Gasteiger partial charge in [0, 0.05) is 25.2 Å². The molecule has 13 heavy (non-hydrogen) atoms. The van der Waals surface area contributed by atoms with Gasteiger partial charge in [0.25, 0.3) is 0 Å². The smallest absolute Gasteiger partial charge is 0.231 e. The van der Waals surface area contributed by atoms with E-state index in [1.807, 2.05) is 0 Å². The SMILES string of the molecule is CC(C)(C)N1CC(CNS(=O)O)C1. The first-order chi connectivity index (χ1) is 5.89. The van der Waals surface area contributed by atoms with Crippen molar-refractivity contribution in [3.63, 3.8) is 0 Å². The molecule has 1 atom stereocenters. The minimum absolute atomic E-state index is 0.231. The molecule has 0 aliphatic carbocycles. The molecular formula is C8H18N2O2S. The maximum atomic E-state index is 10.3. The molecule has 1 aliphatic rings. The highest BCUT2D eigenvalue weighted by Gasteiger charge is 2.33. The lowest BCUT2D eigenvalue weighted by atomic mass is 9.93. The third kappa shape index (κ3) is 3.34. The van der Waals surface area contributed by atoms with E-state index in [4.69, 9.17) is 4.55 Å². The zero-order valence-corrected chi connectivity index (χ0v) is 9.23. The van der Waals surface area contributed by atoms with Crippen molar-refractivity contribution < 1.29 is 8.76 Å².